The van der Waals surface area contributed by atoms with E-state index < -0.39 is 0 Å². The monoisotopic (exact) mass is 342 g/mol. The molecule has 0 saturated carbocycles. The average molecular weight is 342 g/mol. The highest BCUT2D eigenvalue weighted by molar-refractivity contribution is 5.96. The maximum atomic E-state index is 12.5. The summed E-state index contributed by atoms with van der Waals surface area (Å²) in [5, 5.41) is 0. The lowest BCUT2D eigenvalue weighted by atomic mass is 10.00. The van der Waals surface area contributed by atoms with E-state index in [0.717, 1.165) is 41.6 Å². The predicted molar refractivity (Wildman–Crippen MR) is 104 cm³/mol. The molecule has 0 saturated heterocycles. The Kier molecular flexibility index (Phi) is 6.01. The van der Waals surface area contributed by atoms with Gasteiger partial charge in [0.2, 0.25) is 0 Å². The largest absolute Gasteiger partial charge is 0.337 e. The molecule has 0 unspecified atom stereocenters. The van der Waals surface area contributed by atoms with Gasteiger partial charge in [-0.05, 0) is 43.5 Å². The third-order valence-corrected chi connectivity index (χ3v) is 4.30. The average Bonchev–Trinajstić information content (AvgIpc) is 3.19. The topological polar surface area (TPSA) is 34.9 Å². The second-order valence-corrected chi connectivity index (χ2v) is 6.33. The first-order valence-electron chi connectivity index (χ1n) is 8.89. The van der Waals surface area contributed by atoms with Crippen LogP contribution in [0.2, 0.25) is 0 Å². The van der Waals surface area contributed by atoms with Crippen molar-refractivity contribution in [2.75, 3.05) is 0 Å². The normalized spacial score (nSPS) is 10.2. The van der Waals surface area contributed by atoms with Gasteiger partial charge in [0, 0.05) is 42.0 Å². The van der Waals surface area contributed by atoms with Gasteiger partial charge in [0.15, 0.2) is 5.78 Å². The molecule has 0 atom stereocenters. The van der Waals surface area contributed by atoms with Crippen LogP contribution in [0.4, 0.5) is 0 Å². The molecule has 0 amide bonds. The van der Waals surface area contributed by atoms with E-state index in [4.69, 9.17) is 0 Å². The van der Waals surface area contributed by atoms with E-state index in [-0.39, 0.29) is 5.78 Å². The second-order valence-electron chi connectivity index (χ2n) is 6.33. The van der Waals surface area contributed by atoms with Gasteiger partial charge in [-0.25, -0.2) is 4.98 Å². The van der Waals surface area contributed by atoms with Crippen molar-refractivity contribution in [3.05, 3.63) is 89.5 Å². The Balaban J connectivity index is 1.61. The molecule has 26 heavy (non-hydrogen) atoms. The van der Waals surface area contributed by atoms with Crippen LogP contribution in [0.1, 0.15) is 46.3 Å². The number of benzene rings is 2. The van der Waals surface area contributed by atoms with Crippen LogP contribution < -0.4 is 0 Å². The highest BCUT2D eigenvalue weighted by atomic mass is 16.1. The fourth-order valence-corrected chi connectivity index (χ4v) is 2.73. The molecule has 0 fully saturated rings. The fraction of sp³-hybridized carbons (Fsp3) is 0.217. The van der Waals surface area contributed by atoms with Crippen molar-refractivity contribution in [3.8, 4) is 11.8 Å². The van der Waals surface area contributed by atoms with Gasteiger partial charge in [0.05, 0.1) is 6.33 Å². The lowest BCUT2D eigenvalue weighted by molar-refractivity contribution is 0.0979. The Bertz CT molecular complexity index is 916. The molecule has 3 rings (SSSR count). The lowest BCUT2D eigenvalue weighted by Crippen LogP contribution is -2.02. The Hall–Kier alpha value is -3.12. The number of unbranched alkanes of at least 4 members (excludes halogenated alkanes) is 1. The van der Waals surface area contributed by atoms with Crippen LogP contribution in [0.3, 0.4) is 0 Å². The summed E-state index contributed by atoms with van der Waals surface area (Å²) in [6.45, 7) is 2.92. The Morgan fingerprint density at radius 3 is 2.69 bits per heavy atom. The number of ketones is 1. The molecule has 3 heteroatoms. The molecule has 0 radical (unpaired) electrons. The molecule has 0 spiro atoms. The minimum Gasteiger partial charge on any atom is -0.337 e. The molecular weight excluding hydrogens is 320 g/mol. The number of Topliss-reactive ketones (excluding diaryl/α,β-unsaturated/α-hetero) is 1. The minimum atomic E-state index is 0.179. The van der Waals surface area contributed by atoms with Crippen molar-refractivity contribution in [1.29, 1.82) is 0 Å². The van der Waals surface area contributed by atoms with Gasteiger partial charge < -0.3 is 4.57 Å². The molecule has 1 heterocycles. The van der Waals surface area contributed by atoms with Crippen molar-refractivity contribution < 1.29 is 4.79 Å². The third-order valence-electron chi connectivity index (χ3n) is 4.30. The fourth-order valence-electron chi connectivity index (χ4n) is 2.73. The molecule has 0 aliphatic heterocycles. The van der Waals surface area contributed by atoms with E-state index in [0.29, 0.717) is 6.42 Å². The van der Waals surface area contributed by atoms with Crippen LogP contribution in [0.25, 0.3) is 0 Å². The molecule has 2 aromatic carbocycles. The van der Waals surface area contributed by atoms with E-state index in [1.165, 1.54) is 0 Å². The number of aromatic nitrogens is 2. The molecule has 0 bridgehead atoms. The van der Waals surface area contributed by atoms with Crippen LogP contribution in [0.15, 0.2) is 67.3 Å². The summed E-state index contributed by atoms with van der Waals surface area (Å²) in [4.78, 5) is 16.5. The second kappa shape index (κ2) is 8.82. The molecule has 130 valence electrons. The summed E-state index contributed by atoms with van der Waals surface area (Å²) in [6.07, 6.45) is 7.92. The Morgan fingerprint density at radius 2 is 1.92 bits per heavy atom. The SMILES string of the molecule is Cc1ccc(C(=O)CCCCn2ccnc2)cc1C#Cc1ccccc1. The van der Waals surface area contributed by atoms with Gasteiger partial charge in [-0.1, -0.05) is 42.2 Å². The number of aryl methyl sites for hydroxylation is 2. The number of carbonyl (C=O) groups excluding carboxylic acids is 1. The first-order chi connectivity index (χ1) is 12.7. The zero-order valence-corrected chi connectivity index (χ0v) is 15.0. The highest BCUT2D eigenvalue weighted by Crippen LogP contribution is 2.14. The summed E-state index contributed by atoms with van der Waals surface area (Å²) >= 11 is 0. The molecule has 3 aromatic rings. The van der Waals surface area contributed by atoms with Crippen molar-refractivity contribution in [2.45, 2.75) is 32.7 Å². The highest BCUT2D eigenvalue weighted by Gasteiger charge is 2.07. The van der Waals surface area contributed by atoms with Crippen molar-refractivity contribution >= 4 is 5.78 Å². The Morgan fingerprint density at radius 1 is 1.08 bits per heavy atom. The molecule has 3 nitrogen and oxygen atoms in total. The quantitative estimate of drug-likeness (QED) is 0.371. The van der Waals surface area contributed by atoms with Crippen LogP contribution in [0, 0.1) is 18.8 Å². The minimum absolute atomic E-state index is 0.179. The number of imidazole rings is 1. The zero-order valence-electron chi connectivity index (χ0n) is 15.0. The number of rotatable bonds is 6. The summed E-state index contributed by atoms with van der Waals surface area (Å²) in [5.74, 6) is 6.54. The van der Waals surface area contributed by atoms with E-state index in [1.807, 2.05) is 66.2 Å². The maximum absolute atomic E-state index is 12.5. The molecule has 0 N–H and O–H groups in total. The Labute approximate surface area is 154 Å². The number of carbonyl (C=O) groups is 1. The van der Waals surface area contributed by atoms with Gasteiger partial charge in [-0.3, -0.25) is 4.79 Å². The molecule has 1 aromatic heterocycles. The van der Waals surface area contributed by atoms with Crippen molar-refractivity contribution in [2.24, 2.45) is 0 Å². The number of nitrogens with zero attached hydrogens (tertiary/aromatic N) is 2. The summed E-state index contributed by atoms with van der Waals surface area (Å²) in [5.41, 5.74) is 3.72. The lowest BCUT2D eigenvalue weighted by Gasteiger charge is -2.05. The predicted octanol–water partition coefficient (Wildman–Crippen LogP) is 4.64. The summed E-state index contributed by atoms with van der Waals surface area (Å²) < 4.78 is 2.04. The van der Waals surface area contributed by atoms with Gasteiger partial charge in [-0.15, -0.1) is 0 Å². The summed E-state index contributed by atoms with van der Waals surface area (Å²) in [6, 6.07) is 15.7. The van der Waals surface area contributed by atoms with Crippen LogP contribution in [0.5, 0.6) is 0 Å². The van der Waals surface area contributed by atoms with E-state index in [1.54, 1.807) is 12.5 Å². The standard InChI is InChI=1S/C23H22N2O/c1-19-10-12-22(17-21(19)13-11-20-7-3-2-4-8-20)23(26)9-5-6-15-25-16-14-24-18-25/h2-4,7-8,10,12,14,16-18H,5-6,9,15H2,1H3. The van der Waals surface area contributed by atoms with Gasteiger partial charge in [-0.2, -0.15) is 0 Å². The molecule has 0 aliphatic carbocycles. The molecule has 0 aliphatic rings. The van der Waals surface area contributed by atoms with Gasteiger partial charge in [0.25, 0.3) is 0 Å². The first-order valence-corrected chi connectivity index (χ1v) is 8.89. The summed E-state index contributed by atoms with van der Waals surface area (Å²) in [7, 11) is 0. The van der Waals surface area contributed by atoms with E-state index in [9.17, 15) is 4.79 Å². The number of hydrogen-bond acceptors (Lipinski definition) is 2. The third kappa shape index (κ3) is 4.94. The smallest absolute Gasteiger partial charge is 0.162 e. The zero-order chi connectivity index (χ0) is 18.2. The van der Waals surface area contributed by atoms with Crippen LogP contribution in [-0.4, -0.2) is 15.3 Å². The van der Waals surface area contributed by atoms with Gasteiger partial charge >= 0.3 is 0 Å². The molecular formula is C23H22N2O. The number of hydrogen-bond donors (Lipinski definition) is 0. The van der Waals surface area contributed by atoms with Crippen LogP contribution in [-0.2, 0) is 6.54 Å². The van der Waals surface area contributed by atoms with E-state index in [2.05, 4.69) is 16.8 Å². The first kappa shape index (κ1) is 17.7. The van der Waals surface area contributed by atoms with Crippen molar-refractivity contribution in [3.63, 3.8) is 0 Å². The van der Waals surface area contributed by atoms with E-state index >= 15 is 0 Å². The van der Waals surface area contributed by atoms with Crippen LogP contribution >= 0.6 is 0 Å². The maximum Gasteiger partial charge on any atom is 0.162 e. The van der Waals surface area contributed by atoms with Crippen molar-refractivity contribution in [1.82, 2.24) is 9.55 Å². The van der Waals surface area contributed by atoms with Gasteiger partial charge in [0.1, 0.15) is 0 Å².